The third kappa shape index (κ3) is 5.58. The molecule has 1 N–H and O–H groups in total. The van der Waals surface area contributed by atoms with Gasteiger partial charge in [0.15, 0.2) is 0 Å². The Hall–Kier alpha value is -2.38. The largest absolute Gasteiger partial charge is 0.491 e. The number of carbonyl (C=O) groups excluding carboxylic acids is 1. The SMILES string of the molecule is Cc1cc(C)c(C)c(S(=O)(=O)N2CCC(C(=O)NCc3ccccc3OC(C)C)CC2)c1C. The van der Waals surface area contributed by atoms with Gasteiger partial charge in [0.2, 0.25) is 15.9 Å². The zero-order valence-electron chi connectivity index (χ0n) is 20.6. The van der Waals surface area contributed by atoms with E-state index in [-0.39, 0.29) is 17.9 Å². The van der Waals surface area contributed by atoms with Gasteiger partial charge in [-0.3, -0.25) is 4.79 Å². The lowest BCUT2D eigenvalue weighted by Crippen LogP contribution is -2.43. The zero-order chi connectivity index (χ0) is 24.3. The van der Waals surface area contributed by atoms with E-state index >= 15 is 0 Å². The van der Waals surface area contributed by atoms with Crippen molar-refractivity contribution in [2.24, 2.45) is 5.92 Å². The molecule has 7 heteroatoms. The molecule has 33 heavy (non-hydrogen) atoms. The number of hydrogen-bond acceptors (Lipinski definition) is 4. The molecular formula is C26H36N2O4S. The van der Waals surface area contributed by atoms with Gasteiger partial charge in [0.05, 0.1) is 11.0 Å². The van der Waals surface area contributed by atoms with E-state index in [1.54, 1.807) is 0 Å². The highest BCUT2D eigenvalue weighted by atomic mass is 32.2. The summed E-state index contributed by atoms with van der Waals surface area (Å²) in [5, 5.41) is 3.01. The molecule has 0 saturated carbocycles. The van der Waals surface area contributed by atoms with Crippen LogP contribution in [0.5, 0.6) is 5.75 Å². The second-order valence-electron chi connectivity index (χ2n) is 9.26. The number of nitrogens with one attached hydrogen (secondary N) is 1. The van der Waals surface area contributed by atoms with E-state index in [1.165, 1.54) is 4.31 Å². The van der Waals surface area contributed by atoms with E-state index in [2.05, 4.69) is 5.32 Å². The quantitative estimate of drug-likeness (QED) is 0.647. The van der Waals surface area contributed by atoms with Gasteiger partial charge < -0.3 is 10.1 Å². The molecule has 0 aromatic heterocycles. The predicted molar refractivity (Wildman–Crippen MR) is 131 cm³/mol. The van der Waals surface area contributed by atoms with Crippen molar-refractivity contribution in [1.29, 1.82) is 0 Å². The fourth-order valence-electron chi connectivity index (χ4n) is 4.40. The molecule has 1 heterocycles. The minimum Gasteiger partial charge on any atom is -0.491 e. The Labute approximate surface area is 198 Å². The van der Waals surface area contributed by atoms with Crippen molar-refractivity contribution >= 4 is 15.9 Å². The van der Waals surface area contributed by atoms with Gasteiger partial charge in [-0.1, -0.05) is 24.3 Å². The Morgan fingerprint density at radius 1 is 1.06 bits per heavy atom. The van der Waals surface area contributed by atoms with E-state index in [0.29, 0.717) is 37.4 Å². The summed E-state index contributed by atoms with van der Waals surface area (Å²) in [6, 6.07) is 9.72. The Morgan fingerprint density at radius 3 is 2.21 bits per heavy atom. The molecule has 6 nitrogen and oxygen atoms in total. The summed E-state index contributed by atoms with van der Waals surface area (Å²) in [5.41, 5.74) is 4.50. The Morgan fingerprint density at radius 2 is 1.64 bits per heavy atom. The van der Waals surface area contributed by atoms with E-state index in [4.69, 9.17) is 4.74 Å². The number of benzene rings is 2. The maximum Gasteiger partial charge on any atom is 0.243 e. The smallest absolute Gasteiger partial charge is 0.243 e. The molecule has 1 aliphatic rings. The molecule has 0 radical (unpaired) electrons. The van der Waals surface area contributed by atoms with Gasteiger partial charge >= 0.3 is 0 Å². The van der Waals surface area contributed by atoms with Gasteiger partial charge in [0, 0.05) is 31.1 Å². The third-order valence-electron chi connectivity index (χ3n) is 6.51. The predicted octanol–water partition coefficient (Wildman–Crippen LogP) is 4.42. The van der Waals surface area contributed by atoms with Crippen LogP contribution in [0.2, 0.25) is 0 Å². The molecule has 1 amide bonds. The molecule has 0 aliphatic carbocycles. The van der Waals surface area contributed by atoms with Crippen molar-refractivity contribution in [2.75, 3.05) is 13.1 Å². The van der Waals surface area contributed by atoms with Crippen molar-refractivity contribution in [3.8, 4) is 5.75 Å². The summed E-state index contributed by atoms with van der Waals surface area (Å²) in [7, 11) is -3.60. The highest BCUT2D eigenvalue weighted by molar-refractivity contribution is 7.89. The standard InChI is InChI=1S/C26H36N2O4S/c1-17(2)32-24-10-8-7-9-23(24)16-27-26(29)22-11-13-28(14-12-22)33(30,31)25-20(5)18(3)15-19(4)21(25)6/h7-10,15,17,22H,11-14,16H2,1-6H3,(H,27,29). The summed E-state index contributed by atoms with van der Waals surface area (Å²) in [6.45, 7) is 12.7. The van der Waals surface area contributed by atoms with Crippen molar-refractivity contribution in [1.82, 2.24) is 9.62 Å². The molecule has 3 rings (SSSR count). The molecule has 0 spiro atoms. The molecule has 1 aliphatic heterocycles. The van der Waals surface area contributed by atoms with Crippen LogP contribution < -0.4 is 10.1 Å². The van der Waals surface area contributed by atoms with Gasteiger partial charge in [0.1, 0.15) is 5.75 Å². The number of aryl methyl sites for hydroxylation is 2. The topological polar surface area (TPSA) is 75.7 Å². The first-order chi connectivity index (χ1) is 15.5. The highest BCUT2D eigenvalue weighted by Gasteiger charge is 2.34. The average Bonchev–Trinajstić information content (AvgIpc) is 2.76. The maximum absolute atomic E-state index is 13.5. The number of para-hydroxylation sites is 1. The van der Waals surface area contributed by atoms with Crippen molar-refractivity contribution in [2.45, 2.75) is 71.9 Å². The van der Waals surface area contributed by atoms with Crippen LogP contribution >= 0.6 is 0 Å². The van der Waals surface area contributed by atoms with Crippen LogP contribution in [0.25, 0.3) is 0 Å². The fourth-order valence-corrected chi connectivity index (χ4v) is 6.45. The minimum absolute atomic E-state index is 0.0369. The molecule has 0 unspecified atom stereocenters. The average molecular weight is 473 g/mol. The van der Waals surface area contributed by atoms with Crippen LogP contribution in [0.4, 0.5) is 0 Å². The molecular weight excluding hydrogens is 436 g/mol. The monoisotopic (exact) mass is 472 g/mol. The van der Waals surface area contributed by atoms with Crippen LogP contribution in [-0.2, 0) is 21.4 Å². The minimum atomic E-state index is -3.60. The number of carbonyl (C=O) groups is 1. The van der Waals surface area contributed by atoms with E-state index < -0.39 is 10.0 Å². The van der Waals surface area contributed by atoms with E-state index in [9.17, 15) is 13.2 Å². The lowest BCUT2D eigenvalue weighted by molar-refractivity contribution is -0.126. The molecule has 1 fully saturated rings. The number of hydrogen-bond donors (Lipinski definition) is 1. The second kappa shape index (κ2) is 10.3. The van der Waals surface area contributed by atoms with Crippen molar-refractivity contribution in [3.05, 3.63) is 58.1 Å². The Kier molecular flexibility index (Phi) is 7.85. The summed E-state index contributed by atoms with van der Waals surface area (Å²) in [5.74, 6) is 0.536. The van der Waals surface area contributed by atoms with E-state index in [1.807, 2.05) is 71.9 Å². The van der Waals surface area contributed by atoms with E-state index in [0.717, 1.165) is 33.6 Å². The zero-order valence-corrected chi connectivity index (χ0v) is 21.4. The molecule has 0 atom stereocenters. The molecule has 2 aromatic carbocycles. The summed E-state index contributed by atoms with van der Waals surface area (Å²) in [6.07, 6.45) is 1.08. The maximum atomic E-state index is 13.5. The number of rotatable bonds is 7. The fraction of sp³-hybridized carbons (Fsp3) is 0.500. The summed E-state index contributed by atoms with van der Waals surface area (Å²) in [4.78, 5) is 13.2. The van der Waals surface area contributed by atoms with Gasteiger partial charge in [-0.25, -0.2) is 8.42 Å². The number of nitrogens with zero attached hydrogens (tertiary/aromatic N) is 1. The van der Waals surface area contributed by atoms with Crippen LogP contribution in [0.3, 0.4) is 0 Å². The van der Waals surface area contributed by atoms with Crippen LogP contribution in [0.15, 0.2) is 35.2 Å². The lowest BCUT2D eigenvalue weighted by atomic mass is 9.97. The first-order valence-electron chi connectivity index (χ1n) is 11.6. The summed E-state index contributed by atoms with van der Waals surface area (Å²) < 4.78 is 34.3. The Bertz CT molecular complexity index is 1090. The molecule has 180 valence electrons. The molecule has 1 saturated heterocycles. The number of sulfonamides is 1. The molecule has 0 bridgehead atoms. The first kappa shape index (κ1) is 25.2. The van der Waals surface area contributed by atoms with Crippen LogP contribution in [0.1, 0.15) is 54.5 Å². The third-order valence-corrected chi connectivity index (χ3v) is 8.68. The van der Waals surface area contributed by atoms with Gasteiger partial charge in [-0.2, -0.15) is 4.31 Å². The van der Waals surface area contributed by atoms with Gasteiger partial charge in [0.25, 0.3) is 0 Å². The van der Waals surface area contributed by atoms with Gasteiger partial charge in [-0.05, 0) is 82.7 Å². The second-order valence-corrected chi connectivity index (χ2v) is 11.1. The summed E-state index contributed by atoms with van der Waals surface area (Å²) >= 11 is 0. The normalized spacial score (nSPS) is 15.6. The number of piperidine rings is 1. The van der Waals surface area contributed by atoms with Crippen molar-refractivity contribution < 1.29 is 17.9 Å². The Balaban J connectivity index is 1.64. The highest BCUT2D eigenvalue weighted by Crippen LogP contribution is 2.31. The van der Waals surface area contributed by atoms with Crippen molar-refractivity contribution in [3.63, 3.8) is 0 Å². The van der Waals surface area contributed by atoms with Crippen LogP contribution in [0, 0.1) is 33.6 Å². The number of amides is 1. The number of ether oxygens (including phenoxy) is 1. The first-order valence-corrected chi connectivity index (χ1v) is 13.1. The van der Waals surface area contributed by atoms with Gasteiger partial charge in [-0.15, -0.1) is 0 Å². The van der Waals surface area contributed by atoms with Crippen LogP contribution in [-0.4, -0.2) is 37.8 Å². The lowest BCUT2D eigenvalue weighted by Gasteiger charge is -2.32. The molecule has 2 aromatic rings.